The second-order valence-corrected chi connectivity index (χ2v) is 3.66. The molecule has 0 aromatic heterocycles. The molecule has 0 spiro atoms. The molecule has 1 fully saturated rings. The number of aliphatic hydroxyl groups excluding tert-OH is 1. The number of nitrogens with zero attached hydrogens (tertiary/aromatic N) is 1. The number of rotatable bonds is 5. The fourth-order valence-corrected chi connectivity index (χ4v) is 1.87. The van der Waals surface area contributed by atoms with Crippen molar-refractivity contribution in [3.63, 3.8) is 0 Å². The molecule has 0 radical (unpaired) electrons. The lowest BCUT2D eigenvalue weighted by molar-refractivity contribution is -0.133. The van der Waals surface area contributed by atoms with Crippen molar-refractivity contribution in [3.8, 4) is 0 Å². The minimum absolute atomic E-state index is 0.0602. The molecule has 4 heteroatoms. The Morgan fingerprint density at radius 1 is 1.64 bits per heavy atom. The number of carbonyl (C=O) groups excluding carboxylic acids is 1. The van der Waals surface area contributed by atoms with Gasteiger partial charge in [-0.05, 0) is 19.3 Å². The average molecular weight is 201 g/mol. The van der Waals surface area contributed by atoms with Crippen molar-refractivity contribution in [1.29, 1.82) is 0 Å². The summed E-state index contributed by atoms with van der Waals surface area (Å²) in [6.45, 7) is 1.52. The van der Waals surface area contributed by atoms with Crippen LogP contribution in [-0.2, 0) is 9.53 Å². The number of aliphatic hydroxyl groups is 1. The van der Waals surface area contributed by atoms with Crippen molar-refractivity contribution < 1.29 is 14.6 Å². The highest BCUT2D eigenvalue weighted by Gasteiger charge is 2.27. The van der Waals surface area contributed by atoms with E-state index < -0.39 is 0 Å². The van der Waals surface area contributed by atoms with E-state index in [4.69, 9.17) is 9.84 Å². The van der Waals surface area contributed by atoms with Crippen molar-refractivity contribution in [2.45, 2.75) is 31.7 Å². The van der Waals surface area contributed by atoms with Gasteiger partial charge in [0.2, 0.25) is 5.91 Å². The Balaban J connectivity index is 2.28. The summed E-state index contributed by atoms with van der Waals surface area (Å²) in [5, 5.41) is 9.04. The van der Waals surface area contributed by atoms with Gasteiger partial charge in [0, 0.05) is 26.7 Å². The SMILES string of the molecule is COCCCC(=O)N1CCCC1CO. The summed E-state index contributed by atoms with van der Waals surface area (Å²) in [5.74, 6) is 0.151. The summed E-state index contributed by atoms with van der Waals surface area (Å²) in [6, 6.07) is 0.0602. The lowest BCUT2D eigenvalue weighted by Gasteiger charge is -2.22. The third-order valence-electron chi connectivity index (χ3n) is 2.65. The van der Waals surface area contributed by atoms with Gasteiger partial charge in [0.15, 0.2) is 0 Å². The Hall–Kier alpha value is -0.610. The number of ether oxygens (including phenoxy) is 1. The molecule has 0 aliphatic carbocycles. The first-order valence-corrected chi connectivity index (χ1v) is 5.19. The number of amides is 1. The number of methoxy groups -OCH3 is 1. The van der Waals surface area contributed by atoms with Gasteiger partial charge in [-0.2, -0.15) is 0 Å². The minimum Gasteiger partial charge on any atom is -0.394 e. The quantitative estimate of drug-likeness (QED) is 0.655. The topological polar surface area (TPSA) is 49.8 Å². The molecule has 0 saturated carbocycles. The van der Waals surface area contributed by atoms with Crippen LogP contribution in [0.5, 0.6) is 0 Å². The van der Waals surface area contributed by atoms with E-state index in [1.54, 1.807) is 12.0 Å². The Morgan fingerprint density at radius 3 is 3.07 bits per heavy atom. The van der Waals surface area contributed by atoms with Crippen LogP contribution in [-0.4, -0.2) is 48.8 Å². The smallest absolute Gasteiger partial charge is 0.222 e. The van der Waals surface area contributed by atoms with Crippen molar-refractivity contribution in [3.05, 3.63) is 0 Å². The zero-order valence-corrected chi connectivity index (χ0v) is 8.74. The van der Waals surface area contributed by atoms with Crippen LogP contribution in [0, 0.1) is 0 Å². The number of hydrogen-bond acceptors (Lipinski definition) is 3. The molecule has 1 unspecified atom stereocenters. The maximum atomic E-state index is 11.6. The van der Waals surface area contributed by atoms with E-state index in [-0.39, 0.29) is 18.6 Å². The predicted molar refractivity (Wildman–Crippen MR) is 52.9 cm³/mol. The van der Waals surface area contributed by atoms with Gasteiger partial charge in [-0.3, -0.25) is 4.79 Å². The first kappa shape index (κ1) is 11.5. The zero-order chi connectivity index (χ0) is 10.4. The number of carbonyl (C=O) groups is 1. The molecule has 1 heterocycles. The van der Waals surface area contributed by atoms with Crippen molar-refractivity contribution in [1.82, 2.24) is 4.90 Å². The maximum absolute atomic E-state index is 11.6. The molecule has 1 atom stereocenters. The van der Waals surface area contributed by atoms with E-state index in [0.717, 1.165) is 25.8 Å². The molecule has 1 amide bonds. The first-order chi connectivity index (χ1) is 6.79. The Bertz CT molecular complexity index is 184. The van der Waals surface area contributed by atoms with Crippen LogP contribution in [0.25, 0.3) is 0 Å². The van der Waals surface area contributed by atoms with E-state index in [2.05, 4.69) is 0 Å². The Labute approximate surface area is 84.8 Å². The van der Waals surface area contributed by atoms with E-state index in [1.807, 2.05) is 0 Å². The molecule has 1 rings (SSSR count). The maximum Gasteiger partial charge on any atom is 0.222 e. The van der Waals surface area contributed by atoms with Gasteiger partial charge in [0.05, 0.1) is 12.6 Å². The highest BCUT2D eigenvalue weighted by Crippen LogP contribution is 2.17. The molecule has 1 aliphatic heterocycles. The van der Waals surface area contributed by atoms with Crippen molar-refractivity contribution >= 4 is 5.91 Å². The van der Waals surface area contributed by atoms with E-state index in [1.165, 1.54) is 0 Å². The number of likely N-dealkylation sites (tertiary alicyclic amines) is 1. The van der Waals surface area contributed by atoms with Crippen LogP contribution in [0.15, 0.2) is 0 Å². The fourth-order valence-electron chi connectivity index (χ4n) is 1.87. The molecule has 0 aromatic carbocycles. The average Bonchev–Trinajstić information content (AvgIpc) is 2.65. The zero-order valence-electron chi connectivity index (χ0n) is 8.74. The molecule has 0 aromatic rings. The van der Waals surface area contributed by atoms with Crippen LogP contribution < -0.4 is 0 Å². The summed E-state index contributed by atoms with van der Waals surface area (Å²) in [6.07, 6.45) is 3.25. The summed E-state index contributed by atoms with van der Waals surface area (Å²) in [7, 11) is 1.64. The Kier molecular flexibility index (Phi) is 4.90. The molecule has 1 aliphatic rings. The lowest BCUT2D eigenvalue weighted by Crippen LogP contribution is -2.37. The van der Waals surface area contributed by atoms with Crippen LogP contribution in [0.2, 0.25) is 0 Å². The minimum atomic E-state index is 0.0602. The molecular formula is C10H19NO3. The second kappa shape index (κ2) is 5.98. The van der Waals surface area contributed by atoms with Gasteiger partial charge in [-0.25, -0.2) is 0 Å². The third kappa shape index (κ3) is 2.96. The van der Waals surface area contributed by atoms with Crippen molar-refractivity contribution in [2.75, 3.05) is 26.9 Å². The highest BCUT2D eigenvalue weighted by molar-refractivity contribution is 5.76. The normalized spacial score (nSPS) is 21.6. The predicted octanol–water partition coefficient (Wildman–Crippen LogP) is 0.396. The number of hydrogen-bond donors (Lipinski definition) is 1. The lowest BCUT2D eigenvalue weighted by atomic mass is 10.2. The van der Waals surface area contributed by atoms with E-state index in [0.29, 0.717) is 13.0 Å². The summed E-state index contributed by atoms with van der Waals surface area (Å²) >= 11 is 0. The molecule has 1 saturated heterocycles. The van der Waals surface area contributed by atoms with Crippen LogP contribution >= 0.6 is 0 Å². The molecule has 0 bridgehead atoms. The van der Waals surface area contributed by atoms with Gasteiger partial charge in [-0.15, -0.1) is 0 Å². The largest absolute Gasteiger partial charge is 0.394 e. The molecule has 4 nitrogen and oxygen atoms in total. The van der Waals surface area contributed by atoms with E-state index in [9.17, 15) is 4.79 Å². The van der Waals surface area contributed by atoms with Gasteiger partial charge < -0.3 is 14.7 Å². The molecule has 14 heavy (non-hydrogen) atoms. The second-order valence-electron chi connectivity index (χ2n) is 3.66. The summed E-state index contributed by atoms with van der Waals surface area (Å²) in [5.41, 5.74) is 0. The van der Waals surface area contributed by atoms with Gasteiger partial charge in [0.1, 0.15) is 0 Å². The molecule has 1 N–H and O–H groups in total. The van der Waals surface area contributed by atoms with Gasteiger partial charge >= 0.3 is 0 Å². The van der Waals surface area contributed by atoms with Crippen LogP contribution in [0.4, 0.5) is 0 Å². The van der Waals surface area contributed by atoms with E-state index >= 15 is 0 Å². The summed E-state index contributed by atoms with van der Waals surface area (Å²) < 4.78 is 4.89. The Morgan fingerprint density at radius 2 is 2.43 bits per heavy atom. The van der Waals surface area contributed by atoms with Crippen LogP contribution in [0.3, 0.4) is 0 Å². The molecule has 82 valence electrons. The van der Waals surface area contributed by atoms with Gasteiger partial charge in [-0.1, -0.05) is 0 Å². The monoisotopic (exact) mass is 201 g/mol. The van der Waals surface area contributed by atoms with Gasteiger partial charge in [0.25, 0.3) is 0 Å². The standard InChI is InChI=1S/C10H19NO3/c1-14-7-3-5-10(13)11-6-2-4-9(11)8-12/h9,12H,2-8H2,1H3. The fraction of sp³-hybridized carbons (Fsp3) is 0.900. The highest BCUT2D eigenvalue weighted by atomic mass is 16.5. The first-order valence-electron chi connectivity index (χ1n) is 5.19. The third-order valence-corrected chi connectivity index (χ3v) is 2.65. The van der Waals surface area contributed by atoms with Crippen LogP contribution in [0.1, 0.15) is 25.7 Å². The summed E-state index contributed by atoms with van der Waals surface area (Å²) in [4.78, 5) is 13.4. The molecular weight excluding hydrogens is 182 g/mol. The van der Waals surface area contributed by atoms with Crippen molar-refractivity contribution in [2.24, 2.45) is 0 Å².